The van der Waals surface area contributed by atoms with E-state index in [-0.39, 0.29) is 11.8 Å². The Kier molecular flexibility index (Phi) is 8.23. The number of nitrogens with zero attached hydrogens (tertiary/aromatic N) is 2. The Labute approximate surface area is 161 Å². The highest BCUT2D eigenvalue weighted by Gasteiger charge is 2.30. The summed E-state index contributed by atoms with van der Waals surface area (Å²) in [5.41, 5.74) is 1.72. The van der Waals surface area contributed by atoms with Gasteiger partial charge in [-0.25, -0.2) is 0 Å². The summed E-state index contributed by atoms with van der Waals surface area (Å²) in [4.78, 5) is 31.5. The van der Waals surface area contributed by atoms with Crippen molar-refractivity contribution in [3.63, 3.8) is 0 Å². The van der Waals surface area contributed by atoms with Crippen molar-refractivity contribution in [1.82, 2.24) is 15.2 Å². The summed E-state index contributed by atoms with van der Waals surface area (Å²) in [6.45, 7) is 4.78. The highest BCUT2D eigenvalue weighted by molar-refractivity contribution is 5.93. The van der Waals surface area contributed by atoms with Crippen LogP contribution in [0.25, 0.3) is 0 Å². The average molecular weight is 365 g/mol. The van der Waals surface area contributed by atoms with E-state index in [2.05, 4.69) is 17.2 Å². The Hall–Kier alpha value is -2.95. The van der Waals surface area contributed by atoms with Gasteiger partial charge in [0.15, 0.2) is 0 Å². The molecular weight excluding hydrogens is 338 g/mol. The van der Waals surface area contributed by atoms with E-state index in [0.717, 1.165) is 18.4 Å². The van der Waals surface area contributed by atoms with Crippen LogP contribution in [0.15, 0.2) is 67.0 Å². The lowest BCUT2D eigenvalue weighted by atomic mass is 10.0. The fourth-order valence-corrected chi connectivity index (χ4v) is 2.83. The zero-order chi connectivity index (χ0) is 19.5. The molecule has 0 bridgehead atoms. The Bertz CT molecular complexity index is 745. The molecular formula is C22H27N3O2. The Morgan fingerprint density at radius 1 is 1.19 bits per heavy atom. The number of pyridine rings is 1. The van der Waals surface area contributed by atoms with Crippen LogP contribution >= 0.6 is 0 Å². The first-order valence-corrected chi connectivity index (χ1v) is 9.32. The number of unbranched alkanes of at least 4 members (excludes halogenated alkanes) is 1. The summed E-state index contributed by atoms with van der Waals surface area (Å²) in [5.74, 6) is -0.379. The summed E-state index contributed by atoms with van der Waals surface area (Å²) in [7, 11) is 0. The molecule has 0 saturated carbocycles. The number of aromatic nitrogens is 1. The van der Waals surface area contributed by atoms with Crippen molar-refractivity contribution < 1.29 is 9.59 Å². The first-order valence-electron chi connectivity index (χ1n) is 9.32. The molecule has 0 aliphatic heterocycles. The fourth-order valence-electron chi connectivity index (χ4n) is 2.83. The van der Waals surface area contributed by atoms with Crippen LogP contribution in [0.3, 0.4) is 0 Å². The van der Waals surface area contributed by atoms with Gasteiger partial charge in [-0.3, -0.25) is 14.6 Å². The molecule has 27 heavy (non-hydrogen) atoms. The minimum Gasteiger partial charge on any atom is -0.350 e. The van der Waals surface area contributed by atoms with Gasteiger partial charge in [-0.15, -0.1) is 0 Å². The number of carbonyl (C=O) groups excluding carboxylic acids is 2. The van der Waals surface area contributed by atoms with Gasteiger partial charge >= 0.3 is 0 Å². The molecule has 5 nitrogen and oxygen atoms in total. The number of benzene rings is 1. The van der Waals surface area contributed by atoms with Crippen LogP contribution in [0.5, 0.6) is 0 Å². The van der Waals surface area contributed by atoms with Gasteiger partial charge in [0.1, 0.15) is 6.04 Å². The molecule has 0 radical (unpaired) electrons. The molecule has 0 aliphatic carbocycles. The van der Waals surface area contributed by atoms with Crippen molar-refractivity contribution in [3.05, 3.63) is 78.1 Å². The largest absolute Gasteiger partial charge is 0.350 e. The number of rotatable bonds is 9. The van der Waals surface area contributed by atoms with E-state index in [4.69, 9.17) is 0 Å². The third-order valence-electron chi connectivity index (χ3n) is 4.21. The Morgan fingerprint density at radius 2 is 1.96 bits per heavy atom. The second-order valence-electron chi connectivity index (χ2n) is 6.28. The second-order valence-corrected chi connectivity index (χ2v) is 6.28. The predicted molar refractivity (Wildman–Crippen MR) is 107 cm³/mol. The number of allylic oxidation sites excluding steroid dienone is 1. The van der Waals surface area contributed by atoms with Gasteiger partial charge < -0.3 is 10.2 Å². The second kappa shape index (κ2) is 10.9. The number of amides is 2. The molecule has 0 aliphatic rings. The number of hydrogen-bond donors (Lipinski definition) is 1. The normalized spacial score (nSPS) is 11.9. The minimum absolute atomic E-state index is 0.172. The van der Waals surface area contributed by atoms with Crippen LogP contribution in [0.1, 0.15) is 43.9 Å². The number of nitrogens with one attached hydrogen (secondary N) is 1. The highest BCUT2D eigenvalue weighted by Crippen LogP contribution is 2.22. The maximum atomic E-state index is 13.1. The minimum atomic E-state index is -0.710. The highest BCUT2D eigenvalue weighted by atomic mass is 16.2. The molecule has 2 amide bonds. The lowest BCUT2D eigenvalue weighted by molar-refractivity contribution is -0.137. The molecule has 0 spiro atoms. The maximum absolute atomic E-state index is 13.1. The molecule has 1 unspecified atom stereocenters. The third kappa shape index (κ3) is 6.06. The zero-order valence-electron chi connectivity index (χ0n) is 16.0. The van der Waals surface area contributed by atoms with Crippen molar-refractivity contribution in [2.75, 3.05) is 6.54 Å². The zero-order valence-corrected chi connectivity index (χ0v) is 16.0. The number of hydrogen-bond acceptors (Lipinski definition) is 3. The summed E-state index contributed by atoms with van der Waals surface area (Å²) >= 11 is 0. The fraction of sp³-hybridized carbons (Fsp3) is 0.318. The summed E-state index contributed by atoms with van der Waals surface area (Å²) in [5, 5.41) is 2.97. The Balaban J connectivity index is 2.27. The van der Waals surface area contributed by atoms with Crippen LogP contribution in [0.4, 0.5) is 0 Å². The molecule has 142 valence electrons. The summed E-state index contributed by atoms with van der Waals surface area (Å²) < 4.78 is 0. The van der Waals surface area contributed by atoms with Gasteiger partial charge in [0.2, 0.25) is 11.8 Å². The third-order valence-corrected chi connectivity index (χ3v) is 4.21. The van der Waals surface area contributed by atoms with Gasteiger partial charge in [-0.1, -0.05) is 55.8 Å². The predicted octanol–water partition coefficient (Wildman–Crippen LogP) is 3.64. The molecule has 1 heterocycles. The van der Waals surface area contributed by atoms with Gasteiger partial charge in [0.25, 0.3) is 0 Å². The quantitative estimate of drug-likeness (QED) is 0.690. The molecule has 2 rings (SSSR count). The van der Waals surface area contributed by atoms with E-state index in [9.17, 15) is 9.59 Å². The van der Waals surface area contributed by atoms with E-state index in [1.807, 2.05) is 36.4 Å². The van der Waals surface area contributed by atoms with Gasteiger partial charge in [0.05, 0.1) is 0 Å². The average Bonchev–Trinajstić information content (AvgIpc) is 2.71. The van der Waals surface area contributed by atoms with E-state index >= 15 is 0 Å². The van der Waals surface area contributed by atoms with Crippen LogP contribution in [0.2, 0.25) is 0 Å². The molecule has 0 saturated heterocycles. The Morgan fingerprint density at radius 3 is 2.59 bits per heavy atom. The lowest BCUT2D eigenvalue weighted by Gasteiger charge is -2.30. The maximum Gasteiger partial charge on any atom is 0.247 e. The summed E-state index contributed by atoms with van der Waals surface area (Å²) in [6.07, 6.45) is 8.27. The van der Waals surface area contributed by atoms with Crippen LogP contribution < -0.4 is 5.32 Å². The van der Waals surface area contributed by atoms with Gasteiger partial charge in [-0.2, -0.15) is 0 Å². The van der Waals surface area contributed by atoms with Crippen LogP contribution in [0, 0.1) is 0 Å². The first-order chi connectivity index (χ1) is 13.2. The number of carbonyl (C=O) groups is 2. The van der Waals surface area contributed by atoms with Crippen molar-refractivity contribution in [3.8, 4) is 0 Å². The van der Waals surface area contributed by atoms with Crippen molar-refractivity contribution in [2.45, 2.75) is 39.3 Å². The standard InChI is InChI=1S/C22H27N3O2/c1-3-5-15-25(20(26)10-4-2)21(19-13-9-14-23-17-19)22(27)24-16-18-11-7-6-8-12-18/h4,6-14,17,21H,3,5,15-16H2,1-2H3,(H,24,27). The lowest BCUT2D eigenvalue weighted by Crippen LogP contribution is -2.43. The molecule has 1 aromatic heterocycles. The molecule has 1 N–H and O–H groups in total. The van der Waals surface area contributed by atoms with E-state index in [1.165, 1.54) is 6.08 Å². The van der Waals surface area contributed by atoms with E-state index in [0.29, 0.717) is 18.7 Å². The van der Waals surface area contributed by atoms with E-state index in [1.54, 1.807) is 36.4 Å². The topological polar surface area (TPSA) is 62.3 Å². The summed E-state index contributed by atoms with van der Waals surface area (Å²) in [6, 6.07) is 12.6. The molecule has 5 heteroatoms. The van der Waals surface area contributed by atoms with Crippen molar-refractivity contribution >= 4 is 11.8 Å². The van der Waals surface area contributed by atoms with Crippen LogP contribution in [-0.2, 0) is 16.1 Å². The molecule has 0 fully saturated rings. The van der Waals surface area contributed by atoms with Crippen molar-refractivity contribution in [2.24, 2.45) is 0 Å². The monoisotopic (exact) mass is 365 g/mol. The van der Waals surface area contributed by atoms with E-state index < -0.39 is 6.04 Å². The molecule has 1 atom stereocenters. The van der Waals surface area contributed by atoms with Gasteiger partial charge in [0, 0.05) is 31.0 Å². The van der Waals surface area contributed by atoms with Crippen LogP contribution in [-0.4, -0.2) is 28.2 Å². The molecule has 1 aromatic carbocycles. The smallest absolute Gasteiger partial charge is 0.247 e. The SMILES string of the molecule is CC=CC(=O)N(CCCC)C(C(=O)NCc1ccccc1)c1cccnc1. The van der Waals surface area contributed by atoms with Crippen molar-refractivity contribution in [1.29, 1.82) is 0 Å². The van der Waals surface area contributed by atoms with Gasteiger partial charge in [-0.05, 0) is 31.1 Å². The first kappa shape index (κ1) is 20.4. The molecule has 2 aromatic rings.